The van der Waals surface area contributed by atoms with Gasteiger partial charge in [-0.15, -0.1) is 0 Å². The van der Waals surface area contributed by atoms with Gasteiger partial charge in [0.1, 0.15) is 5.76 Å². The highest BCUT2D eigenvalue weighted by molar-refractivity contribution is 5.56. The lowest BCUT2D eigenvalue weighted by molar-refractivity contribution is 0.548. The van der Waals surface area contributed by atoms with Gasteiger partial charge in [-0.05, 0) is 58.1 Å². The predicted octanol–water partition coefficient (Wildman–Crippen LogP) is 4.66. The minimum atomic E-state index is 1.09. The first kappa shape index (κ1) is 11.3. The molecule has 0 aliphatic heterocycles. The van der Waals surface area contributed by atoms with Crippen LogP contribution >= 0.6 is 0 Å². The number of hydrogen-bond donors (Lipinski definition) is 0. The lowest BCUT2D eigenvalue weighted by atomic mass is 9.93. The molecule has 0 aromatic carbocycles. The van der Waals surface area contributed by atoms with Gasteiger partial charge in [-0.1, -0.05) is 17.2 Å². The predicted molar refractivity (Wildman–Crippen MR) is 68.4 cm³/mol. The Labute approximate surface area is 97.9 Å². The van der Waals surface area contributed by atoms with E-state index >= 15 is 0 Å². The van der Waals surface area contributed by atoms with Gasteiger partial charge in [0.05, 0.1) is 6.26 Å². The van der Waals surface area contributed by atoms with Crippen LogP contribution in [0.5, 0.6) is 0 Å². The standard InChI is InChI=1S/C15H20O/c1-11(2)5-4-6-13-7-8-14-12(3)10-16-15(14)9-13/h5,9-10H,4,6-8H2,1-3H3. The Bertz CT molecular complexity index is 428. The fourth-order valence-electron chi connectivity index (χ4n) is 2.22. The van der Waals surface area contributed by atoms with Crippen molar-refractivity contribution >= 4 is 6.08 Å². The fraction of sp³-hybridized carbons (Fsp3) is 0.467. The Kier molecular flexibility index (Phi) is 3.33. The minimum absolute atomic E-state index is 1.09. The van der Waals surface area contributed by atoms with Gasteiger partial charge in [-0.25, -0.2) is 0 Å². The number of aryl methyl sites for hydroxylation is 1. The minimum Gasteiger partial charge on any atom is -0.464 e. The molecule has 1 aromatic rings. The van der Waals surface area contributed by atoms with Gasteiger partial charge in [-0.2, -0.15) is 0 Å². The van der Waals surface area contributed by atoms with Crippen LogP contribution in [0.4, 0.5) is 0 Å². The van der Waals surface area contributed by atoms with Gasteiger partial charge < -0.3 is 4.42 Å². The summed E-state index contributed by atoms with van der Waals surface area (Å²) in [6.07, 6.45) is 11.1. The highest BCUT2D eigenvalue weighted by atomic mass is 16.3. The third-order valence-corrected chi connectivity index (χ3v) is 3.19. The second kappa shape index (κ2) is 4.73. The highest BCUT2D eigenvalue weighted by Crippen LogP contribution is 2.29. The van der Waals surface area contributed by atoms with Crippen molar-refractivity contribution in [1.82, 2.24) is 0 Å². The van der Waals surface area contributed by atoms with E-state index in [1.807, 2.05) is 6.26 Å². The third kappa shape index (κ3) is 2.46. The molecule has 0 spiro atoms. The van der Waals surface area contributed by atoms with E-state index in [1.54, 1.807) is 0 Å². The Morgan fingerprint density at radius 3 is 2.94 bits per heavy atom. The van der Waals surface area contributed by atoms with E-state index in [2.05, 4.69) is 32.9 Å². The first-order chi connectivity index (χ1) is 7.66. The number of rotatable bonds is 3. The van der Waals surface area contributed by atoms with E-state index in [1.165, 1.54) is 35.1 Å². The van der Waals surface area contributed by atoms with Crippen LogP contribution in [0.1, 0.15) is 50.0 Å². The second-order valence-corrected chi connectivity index (χ2v) is 4.88. The normalized spacial score (nSPS) is 14.3. The molecule has 0 unspecified atom stereocenters. The molecule has 2 rings (SSSR count). The van der Waals surface area contributed by atoms with Crippen LogP contribution in [0.3, 0.4) is 0 Å². The molecule has 0 radical (unpaired) electrons. The van der Waals surface area contributed by atoms with Crippen LogP contribution in [0.15, 0.2) is 27.9 Å². The van der Waals surface area contributed by atoms with Gasteiger partial charge in [0, 0.05) is 5.56 Å². The fourth-order valence-corrected chi connectivity index (χ4v) is 2.22. The molecule has 86 valence electrons. The third-order valence-electron chi connectivity index (χ3n) is 3.19. The number of fused-ring (bicyclic) bond motifs is 1. The van der Waals surface area contributed by atoms with Crippen LogP contribution in [-0.4, -0.2) is 0 Å². The second-order valence-electron chi connectivity index (χ2n) is 4.88. The Morgan fingerprint density at radius 1 is 1.38 bits per heavy atom. The molecule has 1 aromatic heterocycles. The Balaban J connectivity index is 2.04. The Morgan fingerprint density at radius 2 is 2.19 bits per heavy atom. The van der Waals surface area contributed by atoms with Crippen LogP contribution in [0, 0.1) is 6.92 Å². The SMILES string of the molecule is CC(C)=CCCC1=Cc2occ(C)c2CC1. The molecule has 0 atom stereocenters. The average molecular weight is 216 g/mol. The van der Waals surface area contributed by atoms with Crippen molar-refractivity contribution in [2.75, 3.05) is 0 Å². The molecule has 16 heavy (non-hydrogen) atoms. The number of hydrogen-bond acceptors (Lipinski definition) is 1. The van der Waals surface area contributed by atoms with Crippen molar-refractivity contribution in [2.45, 2.75) is 46.5 Å². The number of allylic oxidation sites excluding steroid dienone is 3. The zero-order valence-corrected chi connectivity index (χ0v) is 10.5. The monoisotopic (exact) mass is 216 g/mol. The van der Waals surface area contributed by atoms with Crippen molar-refractivity contribution < 1.29 is 4.42 Å². The van der Waals surface area contributed by atoms with E-state index in [4.69, 9.17) is 4.42 Å². The Hall–Kier alpha value is -1.24. The van der Waals surface area contributed by atoms with E-state index in [0.29, 0.717) is 0 Å². The molecule has 1 heterocycles. The van der Waals surface area contributed by atoms with E-state index < -0.39 is 0 Å². The van der Waals surface area contributed by atoms with Gasteiger partial charge in [-0.3, -0.25) is 0 Å². The first-order valence-electron chi connectivity index (χ1n) is 6.06. The smallest absolute Gasteiger partial charge is 0.130 e. The molecule has 0 amide bonds. The zero-order chi connectivity index (χ0) is 11.5. The summed E-state index contributed by atoms with van der Waals surface area (Å²) < 4.78 is 5.55. The van der Waals surface area contributed by atoms with E-state index in [9.17, 15) is 0 Å². The summed E-state index contributed by atoms with van der Waals surface area (Å²) in [6.45, 7) is 6.44. The number of furan rings is 1. The van der Waals surface area contributed by atoms with Crippen LogP contribution in [0.2, 0.25) is 0 Å². The van der Waals surface area contributed by atoms with Crippen molar-refractivity contribution in [1.29, 1.82) is 0 Å². The van der Waals surface area contributed by atoms with Crippen molar-refractivity contribution in [3.8, 4) is 0 Å². The molecule has 1 aliphatic carbocycles. The van der Waals surface area contributed by atoms with Crippen molar-refractivity contribution in [3.63, 3.8) is 0 Å². The summed E-state index contributed by atoms with van der Waals surface area (Å²) in [4.78, 5) is 0. The highest BCUT2D eigenvalue weighted by Gasteiger charge is 2.14. The largest absolute Gasteiger partial charge is 0.464 e. The maximum Gasteiger partial charge on any atom is 0.130 e. The van der Waals surface area contributed by atoms with E-state index in [0.717, 1.165) is 18.6 Å². The molecule has 0 N–H and O–H groups in total. The maximum absolute atomic E-state index is 5.55. The zero-order valence-electron chi connectivity index (χ0n) is 10.5. The molecular formula is C15H20O. The quantitative estimate of drug-likeness (QED) is 0.669. The van der Waals surface area contributed by atoms with Crippen molar-refractivity contribution in [2.24, 2.45) is 0 Å². The first-order valence-corrected chi connectivity index (χ1v) is 6.06. The van der Waals surface area contributed by atoms with Crippen molar-refractivity contribution in [3.05, 3.63) is 40.4 Å². The van der Waals surface area contributed by atoms with E-state index in [-0.39, 0.29) is 0 Å². The molecule has 0 fully saturated rings. The molecule has 0 bridgehead atoms. The van der Waals surface area contributed by atoms with Gasteiger partial charge in [0.25, 0.3) is 0 Å². The van der Waals surface area contributed by atoms with Crippen LogP contribution < -0.4 is 0 Å². The summed E-state index contributed by atoms with van der Waals surface area (Å²) in [5.41, 5.74) is 5.64. The molecular weight excluding hydrogens is 196 g/mol. The summed E-state index contributed by atoms with van der Waals surface area (Å²) >= 11 is 0. The maximum atomic E-state index is 5.55. The summed E-state index contributed by atoms with van der Waals surface area (Å²) in [7, 11) is 0. The molecule has 0 saturated carbocycles. The van der Waals surface area contributed by atoms with Crippen LogP contribution in [-0.2, 0) is 6.42 Å². The molecule has 1 nitrogen and oxygen atoms in total. The lowest BCUT2D eigenvalue weighted by Gasteiger charge is -2.12. The molecule has 0 saturated heterocycles. The van der Waals surface area contributed by atoms with Gasteiger partial charge >= 0.3 is 0 Å². The lowest BCUT2D eigenvalue weighted by Crippen LogP contribution is -1.97. The van der Waals surface area contributed by atoms with Gasteiger partial charge in [0.2, 0.25) is 0 Å². The summed E-state index contributed by atoms with van der Waals surface area (Å²) in [5, 5.41) is 0. The topological polar surface area (TPSA) is 13.1 Å². The molecule has 1 heteroatoms. The van der Waals surface area contributed by atoms with Gasteiger partial charge in [0.15, 0.2) is 0 Å². The molecule has 1 aliphatic rings. The summed E-state index contributed by atoms with van der Waals surface area (Å²) in [5.74, 6) is 1.09. The van der Waals surface area contributed by atoms with Crippen LogP contribution in [0.25, 0.3) is 6.08 Å². The average Bonchev–Trinajstić information content (AvgIpc) is 2.60. The summed E-state index contributed by atoms with van der Waals surface area (Å²) in [6, 6.07) is 0.